The Balaban J connectivity index is 1.90. The van der Waals surface area contributed by atoms with Crippen molar-refractivity contribution in [2.75, 3.05) is 38.6 Å². The van der Waals surface area contributed by atoms with Crippen LogP contribution < -0.4 is 5.32 Å². The zero-order chi connectivity index (χ0) is 13.7. The number of β-amino-alcohol motifs (C(OH)–C–C–N with tert-alkyl or cyclic N) is 1. The van der Waals surface area contributed by atoms with Crippen molar-refractivity contribution in [1.29, 1.82) is 0 Å². The molecular formula is C14H24N4O. The lowest BCUT2D eigenvalue weighted by atomic mass is 9.93. The van der Waals surface area contributed by atoms with E-state index in [1.165, 1.54) is 12.8 Å². The van der Waals surface area contributed by atoms with Crippen LogP contribution in [0.1, 0.15) is 24.4 Å². The number of anilines is 1. The predicted molar refractivity (Wildman–Crippen MR) is 76.3 cm³/mol. The molecule has 0 radical (unpaired) electrons. The molecule has 0 amide bonds. The van der Waals surface area contributed by atoms with E-state index in [2.05, 4.69) is 20.2 Å². The molecule has 106 valence electrons. The molecule has 1 saturated heterocycles. The number of aliphatic hydroxyl groups is 1. The Morgan fingerprint density at radius 1 is 1.37 bits per heavy atom. The second-order valence-electron chi connectivity index (χ2n) is 5.27. The molecule has 1 fully saturated rings. The average Bonchev–Trinajstić information content (AvgIpc) is 2.40. The van der Waals surface area contributed by atoms with Crippen LogP contribution in [0.15, 0.2) is 6.07 Å². The van der Waals surface area contributed by atoms with E-state index >= 15 is 0 Å². The Morgan fingerprint density at radius 3 is 2.74 bits per heavy atom. The topological polar surface area (TPSA) is 61.3 Å². The Labute approximate surface area is 115 Å². The van der Waals surface area contributed by atoms with Crippen LogP contribution >= 0.6 is 0 Å². The minimum Gasteiger partial charge on any atom is -0.395 e. The molecule has 1 aliphatic heterocycles. The van der Waals surface area contributed by atoms with E-state index in [9.17, 15) is 0 Å². The highest BCUT2D eigenvalue weighted by molar-refractivity contribution is 5.34. The van der Waals surface area contributed by atoms with E-state index in [4.69, 9.17) is 5.11 Å². The third-order valence-electron chi connectivity index (χ3n) is 3.75. The first kappa shape index (κ1) is 14.2. The second-order valence-corrected chi connectivity index (χ2v) is 5.27. The van der Waals surface area contributed by atoms with Gasteiger partial charge in [0.25, 0.3) is 0 Å². The number of hydrogen-bond acceptors (Lipinski definition) is 5. The van der Waals surface area contributed by atoms with Crippen molar-refractivity contribution >= 4 is 5.82 Å². The van der Waals surface area contributed by atoms with Crippen LogP contribution in [0.3, 0.4) is 0 Å². The van der Waals surface area contributed by atoms with Crippen LogP contribution in [0.5, 0.6) is 0 Å². The van der Waals surface area contributed by atoms with Crippen molar-refractivity contribution in [3.63, 3.8) is 0 Å². The van der Waals surface area contributed by atoms with Crippen molar-refractivity contribution in [2.45, 2.75) is 26.2 Å². The predicted octanol–water partition coefficient (Wildman–Crippen LogP) is 1.07. The zero-order valence-electron chi connectivity index (χ0n) is 11.9. The number of likely N-dealkylation sites (tertiary alicyclic amines) is 1. The van der Waals surface area contributed by atoms with E-state index in [0.29, 0.717) is 5.92 Å². The van der Waals surface area contributed by atoms with Gasteiger partial charge in [0.2, 0.25) is 0 Å². The lowest BCUT2D eigenvalue weighted by Gasteiger charge is -2.31. The normalized spacial score (nSPS) is 17.6. The molecule has 2 N–H and O–H groups in total. The number of aryl methyl sites for hydroxylation is 1. The summed E-state index contributed by atoms with van der Waals surface area (Å²) in [5.74, 6) is 2.52. The molecule has 0 aromatic carbocycles. The van der Waals surface area contributed by atoms with Crippen LogP contribution in [0.4, 0.5) is 5.82 Å². The molecule has 1 aromatic heterocycles. The molecule has 2 rings (SSSR count). The van der Waals surface area contributed by atoms with Gasteiger partial charge in [-0.3, -0.25) is 0 Å². The number of nitrogens with zero attached hydrogens (tertiary/aromatic N) is 3. The maximum atomic E-state index is 8.94. The highest BCUT2D eigenvalue weighted by Gasteiger charge is 2.20. The summed E-state index contributed by atoms with van der Waals surface area (Å²) < 4.78 is 0. The van der Waals surface area contributed by atoms with Gasteiger partial charge in [0.15, 0.2) is 0 Å². The van der Waals surface area contributed by atoms with E-state index in [1.807, 2.05) is 20.0 Å². The summed E-state index contributed by atoms with van der Waals surface area (Å²) in [5.41, 5.74) is 1.02. The Bertz CT molecular complexity index is 402. The highest BCUT2D eigenvalue weighted by atomic mass is 16.3. The molecule has 0 bridgehead atoms. The van der Waals surface area contributed by atoms with Gasteiger partial charge in [-0.1, -0.05) is 0 Å². The van der Waals surface area contributed by atoms with Crippen molar-refractivity contribution in [1.82, 2.24) is 14.9 Å². The molecule has 1 aromatic rings. The number of rotatable bonds is 5. The molecule has 0 atom stereocenters. The van der Waals surface area contributed by atoms with Gasteiger partial charge < -0.3 is 15.3 Å². The fourth-order valence-corrected chi connectivity index (χ4v) is 2.66. The van der Waals surface area contributed by atoms with Gasteiger partial charge in [-0.15, -0.1) is 0 Å². The first-order chi connectivity index (χ1) is 9.21. The number of nitrogens with one attached hydrogen (secondary N) is 1. The number of aromatic nitrogens is 2. The van der Waals surface area contributed by atoms with Crippen LogP contribution in [-0.2, 0) is 6.42 Å². The molecule has 19 heavy (non-hydrogen) atoms. The van der Waals surface area contributed by atoms with Gasteiger partial charge in [0, 0.05) is 31.8 Å². The quantitative estimate of drug-likeness (QED) is 0.833. The minimum atomic E-state index is 0.261. The van der Waals surface area contributed by atoms with Gasteiger partial charge in [-0.05, 0) is 38.8 Å². The van der Waals surface area contributed by atoms with Crippen molar-refractivity contribution in [3.8, 4) is 0 Å². The van der Waals surface area contributed by atoms with Gasteiger partial charge >= 0.3 is 0 Å². The van der Waals surface area contributed by atoms with Crippen molar-refractivity contribution < 1.29 is 5.11 Å². The van der Waals surface area contributed by atoms with E-state index in [1.54, 1.807) is 0 Å². The molecular weight excluding hydrogens is 240 g/mol. The third-order valence-corrected chi connectivity index (χ3v) is 3.75. The Kier molecular flexibility index (Phi) is 5.10. The summed E-state index contributed by atoms with van der Waals surface area (Å²) >= 11 is 0. The average molecular weight is 264 g/mol. The molecule has 0 aliphatic carbocycles. The smallest absolute Gasteiger partial charge is 0.131 e. The van der Waals surface area contributed by atoms with Gasteiger partial charge in [0.1, 0.15) is 11.6 Å². The fourth-order valence-electron chi connectivity index (χ4n) is 2.66. The van der Waals surface area contributed by atoms with Crippen LogP contribution in [0.25, 0.3) is 0 Å². The maximum Gasteiger partial charge on any atom is 0.131 e. The third kappa shape index (κ3) is 4.14. The summed E-state index contributed by atoms with van der Waals surface area (Å²) in [6, 6.07) is 1.97. The summed E-state index contributed by atoms with van der Waals surface area (Å²) in [5, 5.41) is 12.0. The van der Waals surface area contributed by atoms with Crippen LogP contribution in [0, 0.1) is 12.8 Å². The molecule has 0 spiro atoms. The highest BCUT2D eigenvalue weighted by Crippen LogP contribution is 2.20. The number of piperidine rings is 1. The van der Waals surface area contributed by atoms with E-state index in [-0.39, 0.29) is 6.61 Å². The lowest BCUT2D eigenvalue weighted by Crippen LogP contribution is -2.36. The molecule has 5 nitrogen and oxygen atoms in total. The molecule has 0 unspecified atom stereocenters. The minimum absolute atomic E-state index is 0.261. The zero-order valence-corrected chi connectivity index (χ0v) is 11.9. The maximum absolute atomic E-state index is 8.94. The lowest BCUT2D eigenvalue weighted by molar-refractivity contribution is 0.147. The summed E-state index contributed by atoms with van der Waals surface area (Å²) in [7, 11) is 1.89. The molecule has 1 aliphatic rings. The summed E-state index contributed by atoms with van der Waals surface area (Å²) in [6.07, 6.45) is 3.31. The summed E-state index contributed by atoms with van der Waals surface area (Å²) in [4.78, 5) is 11.4. The molecule has 0 saturated carbocycles. The Morgan fingerprint density at radius 2 is 2.11 bits per heavy atom. The van der Waals surface area contributed by atoms with Crippen LogP contribution in [0.2, 0.25) is 0 Å². The summed E-state index contributed by atoms with van der Waals surface area (Å²) in [6.45, 7) is 5.23. The van der Waals surface area contributed by atoms with Crippen molar-refractivity contribution in [3.05, 3.63) is 17.6 Å². The Hall–Kier alpha value is -1.20. The monoisotopic (exact) mass is 264 g/mol. The first-order valence-corrected chi connectivity index (χ1v) is 7.06. The van der Waals surface area contributed by atoms with Gasteiger partial charge in [0.05, 0.1) is 6.61 Å². The fraction of sp³-hybridized carbons (Fsp3) is 0.714. The van der Waals surface area contributed by atoms with Gasteiger partial charge in [-0.25, -0.2) is 9.97 Å². The van der Waals surface area contributed by atoms with Crippen molar-refractivity contribution in [2.24, 2.45) is 5.92 Å². The largest absolute Gasteiger partial charge is 0.395 e. The first-order valence-electron chi connectivity index (χ1n) is 7.06. The number of aliphatic hydroxyl groups excluding tert-OH is 1. The number of hydrogen-bond donors (Lipinski definition) is 2. The second kappa shape index (κ2) is 6.82. The van der Waals surface area contributed by atoms with Gasteiger partial charge in [-0.2, -0.15) is 0 Å². The SMILES string of the molecule is CNc1cc(C)nc(CC2CCN(CCO)CC2)n1. The van der Waals surface area contributed by atoms with E-state index in [0.717, 1.165) is 43.4 Å². The molecule has 5 heteroatoms. The van der Waals surface area contributed by atoms with Crippen LogP contribution in [-0.4, -0.2) is 53.3 Å². The standard InChI is InChI=1S/C14H24N4O/c1-11-9-13(15-2)17-14(16-11)10-12-3-5-18(6-4-12)7-8-19/h9,12,19H,3-8,10H2,1-2H3,(H,15,16,17). The molecule has 2 heterocycles. The van der Waals surface area contributed by atoms with E-state index < -0.39 is 0 Å².